The lowest BCUT2D eigenvalue weighted by molar-refractivity contribution is 0.215. The van der Waals surface area contributed by atoms with Crippen LogP contribution in [-0.2, 0) is 6.54 Å². The summed E-state index contributed by atoms with van der Waals surface area (Å²) < 4.78 is 0. The van der Waals surface area contributed by atoms with Gasteiger partial charge in [-0.2, -0.15) is 0 Å². The van der Waals surface area contributed by atoms with Gasteiger partial charge in [0.1, 0.15) is 0 Å². The summed E-state index contributed by atoms with van der Waals surface area (Å²) in [5.41, 5.74) is 1.16. The number of carbonyl (C=O) groups is 1. The van der Waals surface area contributed by atoms with Crippen molar-refractivity contribution in [2.45, 2.75) is 6.54 Å². The van der Waals surface area contributed by atoms with Crippen LogP contribution in [0.1, 0.15) is 5.56 Å². The molecule has 0 N–H and O–H groups in total. The van der Waals surface area contributed by atoms with E-state index in [0.717, 1.165) is 12.1 Å². The first-order chi connectivity index (χ1) is 6.36. The van der Waals surface area contributed by atoms with E-state index in [0.29, 0.717) is 13.1 Å². The first-order valence-electron chi connectivity index (χ1n) is 4.36. The fourth-order valence-electron chi connectivity index (χ4n) is 1.41. The lowest BCUT2D eigenvalue weighted by atomic mass is 10.2. The third kappa shape index (κ3) is 1.80. The fourth-order valence-corrected chi connectivity index (χ4v) is 1.41. The first kappa shape index (κ1) is 8.10. The van der Waals surface area contributed by atoms with Gasteiger partial charge in [0.15, 0.2) is 0 Å². The smallest absolute Gasteiger partial charge is 0.317 e. The number of amides is 2. The second-order valence-electron chi connectivity index (χ2n) is 3.07. The normalized spacial score (nSPS) is 16.0. The minimum Gasteiger partial charge on any atom is -0.317 e. The Bertz CT molecular complexity index is 297. The van der Waals surface area contributed by atoms with Gasteiger partial charge in [0.2, 0.25) is 0 Å². The molecule has 1 aliphatic rings. The minimum absolute atomic E-state index is 0.0798. The van der Waals surface area contributed by atoms with E-state index in [9.17, 15) is 4.79 Å². The summed E-state index contributed by atoms with van der Waals surface area (Å²) >= 11 is 0. The van der Waals surface area contributed by atoms with Crippen molar-refractivity contribution in [2.24, 2.45) is 0 Å². The maximum Gasteiger partial charge on any atom is 0.339 e. The van der Waals surface area contributed by atoms with Crippen LogP contribution in [0.3, 0.4) is 0 Å². The van der Waals surface area contributed by atoms with E-state index in [1.807, 2.05) is 30.3 Å². The van der Waals surface area contributed by atoms with Gasteiger partial charge in [-0.15, -0.1) is 0 Å². The molecule has 2 amide bonds. The Morgan fingerprint density at radius 3 is 2.69 bits per heavy atom. The lowest BCUT2D eigenvalue weighted by Gasteiger charge is -2.12. The average Bonchev–Trinajstić information content (AvgIpc) is 2.54. The highest BCUT2D eigenvalue weighted by molar-refractivity contribution is 5.75. The fraction of sp³-hybridized carbons (Fsp3) is 0.300. The Labute approximate surface area is 77.4 Å². The lowest BCUT2D eigenvalue weighted by Crippen LogP contribution is -2.25. The maximum atomic E-state index is 11.1. The number of carbonyl (C=O) groups excluding carboxylic acids is 1. The predicted molar refractivity (Wildman–Crippen MR) is 49.2 cm³/mol. The molecule has 0 saturated carbocycles. The SMILES string of the molecule is O=C1[N]CCN1Cc1ccccc1. The molecule has 1 aliphatic heterocycles. The second-order valence-corrected chi connectivity index (χ2v) is 3.07. The molecule has 0 bridgehead atoms. The quantitative estimate of drug-likeness (QED) is 0.665. The summed E-state index contributed by atoms with van der Waals surface area (Å²) in [6, 6.07) is 9.89. The molecule has 0 unspecified atom stereocenters. The van der Waals surface area contributed by atoms with Gasteiger partial charge in [0.25, 0.3) is 0 Å². The van der Waals surface area contributed by atoms with Gasteiger partial charge < -0.3 is 4.90 Å². The topological polar surface area (TPSA) is 34.4 Å². The Morgan fingerprint density at radius 2 is 2.08 bits per heavy atom. The zero-order chi connectivity index (χ0) is 9.10. The predicted octanol–water partition coefficient (Wildman–Crippen LogP) is 1.23. The van der Waals surface area contributed by atoms with Crippen molar-refractivity contribution in [3.05, 3.63) is 35.9 Å². The molecule has 1 heterocycles. The van der Waals surface area contributed by atoms with Crippen molar-refractivity contribution in [1.29, 1.82) is 0 Å². The number of benzene rings is 1. The van der Waals surface area contributed by atoms with E-state index < -0.39 is 0 Å². The van der Waals surface area contributed by atoms with Crippen LogP contribution in [0.2, 0.25) is 0 Å². The Morgan fingerprint density at radius 1 is 1.31 bits per heavy atom. The van der Waals surface area contributed by atoms with Crippen LogP contribution >= 0.6 is 0 Å². The number of hydrogen-bond donors (Lipinski definition) is 0. The minimum atomic E-state index is -0.0798. The van der Waals surface area contributed by atoms with Crippen molar-refractivity contribution < 1.29 is 4.79 Å². The van der Waals surface area contributed by atoms with Gasteiger partial charge in [-0.05, 0) is 5.56 Å². The molecule has 1 aromatic carbocycles. The third-order valence-electron chi connectivity index (χ3n) is 2.10. The molecule has 0 atom stereocenters. The van der Waals surface area contributed by atoms with Gasteiger partial charge in [-0.1, -0.05) is 30.3 Å². The molecule has 1 aromatic rings. The van der Waals surface area contributed by atoms with Gasteiger partial charge in [-0.25, -0.2) is 10.1 Å². The molecule has 3 nitrogen and oxygen atoms in total. The van der Waals surface area contributed by atoms with Crippen LogP contribution < -0.4 is 5.32 Å². The van der Waals surface area contributed by atoms with Gasteiger partial charge in [-0.3, -0.25) is 0 Å². The molecular weight excluding hydrogens is 164 g/mol. The van der Waals surface area contributed by atoms with E-state index in [1.54, 1.807) is 4.90 Å². The summed E-state index contributed by atoms with van der Waals surface area (Å²) in [5, 5.41) is 3.80. The first-order valence-corrected chi connectivity index (χ1v) is 4.36. The molecule has 0 aromatic heterocycles. The van der Waals surface area contributed by atoms with Gasteiger partial charge in [0, 0.05) is 13.1 Å². The standard InChI is InChI=1S/C10H11N2O/c13-10-11-6-7-12(10)8-9-4-2-1-3-5-9/h1-5H,6-8H2. The van der Waals surface area contributed by atoms with Crippen molar-refractivity contribution >= 4 is 6.03 Å². The molecule has 1 fully saturated rings. The number of rotatable bonds is 2. The second kappa shape index (κ2) is 3.47. The highest BCUT2D eigenvalue weighted by atomic mass is 16.2. The zero-order valence-electron chi connectivity index (χ0n) is 7.31. The third-order valence-corrected chi connectivity index (χ3v) is 2.10. The van der Waals surface area contributed by atoms with Crippen LogP contribution in [0, 0.1) is 0 Å². The molecule has 1 radical (unpaired) electrons. The van der Waals surface area contributed by atoms with E-state index in [-0.39, 0.29) is 6.03 Å². The van der Waals surface area contributed by atoms with Crippen molar-refractivity contribution in [3.63, 3.8) is 0 Å². The summed E-state index contributed by atoms with van der Waals surface area (Å²) in [6.07, 6.45) is 0. The van der Waals surface area contributed by atoms with Gasteiger partial charge >= 0.3 is 6.03 Å². The van der Waals surface area contributed by atoms with Crippen molar-refractivity contribution in [1.82, 2.24) is 10.2 Å². The van der Waals surface area contributed by atoms with E-state index in [2.05, 4.69) is 5.32 Å². The van der Waals surface area contributed by atoms with Crippen LogP contribution in [-0.4, -0.2) is 24.0 Å². The molecule has 67 valence electrons. The maximum absolute atomic E-state index is 11.1. The summed E-state index contributed by atoms with van der Waals surface area (Å²) in [5.74, 6) is 0. The van der Waals surface area contributed by atoms with E-state index >= 15 is 0 Å². The molecule has 0 aliphatic carbocycles. The molecule has 2 rings (SSSR count). The number of nitrogens with zero attached hydrogens (tertiary/aromatic N) is 2. The highest BCUT2D eigenvalue weighted by Crippen LogP contribution is 2.07. The molecule has 1 saturated heterocycles. The van der Waals surface area contributed by atoms with Crippen LogP contribution in [0.4, 0.5) is 4.79 Å². The highest BCUT2D eigenvalue weighted by Gasteiger charge is 2.20. The summed E-state index contributed by atoms with van der Waals surface area (Å²) in [7, 11) is 0. The van der Waals surface area contributed by atoms with E-state index in [4.69, 9.17) is 0 Å². The van der Waals surface area contributed by atoms with Crippen LogP contribution in [0.5, 0.6) is 0 Å². The number of urea groups is 1. The Hall–Kier alpha value is -1.51. The van der Waals surface area contributed by atoms with Crippen molar-refractivity contribution in [2.75, 3.05) is 13.1 Å². The van der Waals surface area contributed by atoms with Gasteiger partial charge in [0.05, 0.1) is 6.54 Å². The van der Waals surface area contributed by atoms with Crippen LogP contribution in [0.15, 0.2) is 30.3 Å². The van der Waals surface area contributed by atoms with E-state index in [1.165, 1.54) is 0 Å². The monoisotopic (exact) mass is 175 g/mol. The molecule has 3 heteroatoms. The average molecular weight is 175 g/mol. The summed E-state index contributed by atoms with van der Waals surface area (Å²) in [4.78, 5) is 12.9. The Balaban J connectivity index is 2.02. The zero-order valence-corrected chi connectivity index (χ0v) is 7.31. The Kier molecular flexibility index (Phi) is 2.17. The molecular formula is C10H11N2O. The largest absolute Gasteiger partial charge is 0.339 e. The molecule has 13 heavy (non-hydrogen) atoms. The van der Waals surface area contributed by atoms with Crippen LogP contribution in [0.25, 0.3) is 0 Å². The number of hydrogen-bond acceptors (Lipinski definition) is 1. The summed E-state index contributed by atoms with van der Waals surface area (Å²) in [6.45, 7) is 2.09. The van der Waals surface area contributed by atoms with Crippen molar-refractivity contribution in [3.8, 4) is 0 Å². The molecule has 0 spiro atoms.